The van der Waals surface area contributed by atoms with Gasteiger partial charge >= 0.3 is 0 Å². The van der Waals surface area contributed by atoms with Gasteiger partial charge in [0.1, 0.15) is 0 Å². The number of ether oxygens (including phenoxy) is 1. The zero-order chi connectivity index (χ0) is 11.3. The van der Waals surface area contributed by atoms with E-state index in [-0.39, 0.29) is 0 Å². The van der Waals surface area contributed by atoms with E-state index in [0.717, 1.165) is 26.8 Å². The lowest BCUT2D eigenvalue weighted by atomic mass is 10.1. The van der Waals surface area contributed by atoms with Crippen LogP contribution in [-0.4, -0.2) is 6.61 Å². The molecule has 0 fully saturated rings. The van der Waals surface area contributed by atoms with Gasteiger partial charge in [-0.3, -0.25) is 0 Å². The van der Waals surface area contributed by atoms with Gasteiger partial charge in [0.25, 0.3) is 5.52 Å². The molecule has 1 aliphatic rings. The van der Waals surface area contributed by atoms with Crippen molar-refractivity contribution in [2.24, 2.45) is 0 Å². The Hall–Kier alpha value is -0.610. The van der Waals surface area contributed by atoms with E-state index in [1.165, 1.54) is 5.39 Å². The third kappa shape index (κ3) is 1.39. The highest BCUT2D eigenvalue weighted by molar-refractivity contribution is 9.11. The van der Waals surface area contributed by atoms with Gasteiger partial charge in [-0.1, -0.05) is 0 Å². The summed E-state index contributed by atoms with van der Waals surface area (Å²) in [5.41, 5.74) is 1.16. The van der Waals surface area contributed by atoms with E-state index >= 15 is 0 Å². The molecule has 2 aromatic rings. The number of halogens is 2. The van der Waals surface area contributed by atoms with E-state index in [4.69, 9.17) is 4.74 Å². The summed E-state index contributed by atoms with van der Waals surface area (Å²) in [5.74, 6) is 0.942. The first-order chi connectivity index (χ1) is 7.68. The normalized spacial score (nSPS) is 18.6. The molecule has 1 aromatic carbocycles. The first kappa shape index (κ1) is 10.5. The summed E-state index contributed by atoms with van der Waals surface area (Å²) in [6.07, 6.45) is 2.11. The largest absolute Gasteiger partial charge is 0.479 e. The molecule has 0 bridgehead atoms. The second-order valence-electron chi connectivity index (χ2n) is 4.01. The van der Waals surface area contributed by atoms with Crippen LogP contribution >= 0.6 is 31.9 Å². The topological polar surface area (TPSA) is 13.1 Å². The standard InChI is InChI=1S/C12H10Br2NO/c1-7-6-16-12-10(14)5-9(13)8-3-2-4-15(7)11(8)12/h2-5,7H,6H2,1H3/q+1. The molecule has 16 heavy (non-hydrogen) atoms. The molecular weight excluding hydrogens is 334 g/mol. The fraction of sp³-hybridized carbons (Fsp3) is 0.250. The number of benzene rings is 1. The Morgan fingerprint density at radius 1 is 1.38 bits per heavy atom. The van der Waals surface area contributed by atoms with Gasteiger partial charge in [-0.05, 0) is 44.0 Å². The maximum absolute atomic E-state index is 5.81. The summed E-state index contributed by atoms with van der Waals surface area (Å²) in [6, 6.07) is 6.59. The van der Waals surface area contributed by atoms with Crippen molar-refractivity contribution in [1.29, 1.82) is 0 Å². The smallest absolute Gasteiger partial charge is 0.257 e. The molecule has 0 saturated heterocycles. The Kier molecular flexibility index (Phi) is 2.44. The van der Waals surface area contributed by atoms with Crippen molar-refractivity contribution in [3.05, 3.63) is 33.3 Å². The van der Waals surface area contributed by atoms with Crippen LogP contribution in [0.15, 0.2) is 33.3 Å². The van der Waals surface area contributed by atoms with Crippen molar-refractivity contribution in [2.45, 2.75) is 13.0 Å². The number of aromatic nitrogens is 1. The van der Waals surface area contributed by atoms with Crippen molar-refractivity contribution in [3.63, 3.8) is 0 Å². The minimum absolute atomic E-state index is 0.373. The molecule has 0 spiro atoms. The number of hydrogen-bond donors (Lipinski definition) is 0. The minimum Gasteiger partial charge on any atom is -0.479 e. The SMILES string of the molecule is CC1COc2c(Br)cc(Br)c3ccc[n+]1c23. The molecule has 0 saturated carbocycles. The van der Waals surface area contributed by atoms with Crippen molar-refractivity contribution in [3.8, 4) is 5.75 Å². The molecular formula is C12H10Br2NO+. The molecule has 1 aromatic heterocycles. The predicted octanol–water partition coefficient (Wildman–Crippen LogP) is 3.61. The lowest BCUT2D eigenvalue weighted by molar-refractivity contribution is -0.700. The third-order valence-corrected chi connectivity index (χ3v) is 4.15. The van der Waals surface area contributed by atoms with Gasteiger partial charge in [-0.2, -0.15) is 4.57 Å². The van der Waals surface area contributed by atoms with E-state index in [0.29, 0.717) is 6.04 Å². The molecule has 2 heterocycles. The summed E-state index contributed by atoms with van der Waals surface area (Å²) in [5, 5.41) is 1.19. The van der Waals surface area contributed by atoms with Crippen molar-refractivity contribution >= 4 is 42.8 Å². The average molecular weight is 344 g/mol. The highest BCUT2D eigenvalue weighted by atomic mass is 79.9. The fourth-order valence-electron chi connectivity index (χ4n) is 2.11. The lowest BCUT2D eigenvalue weighted by Gasteiger charge is -2.19. The Morgan fingerprint density at radius 3 is 3.00 bits per heavy atom. The van der Waals surface area contributed by atoms with Crippen LogP contribution in [0.1, 0.15) is 13.0 Å². The Morgan fingerprint density at radius 2 is 2.19 bits per heavy atom. The van der Waals surface area contributed by atoms with E-state index in [2.05, 4.69) is 61.7 Å². The van der Waals surface area contributed by atoms with Gasteiger partial charge in [0, 0.05) is 17.5 Å². The Bertz CT molecular complexity index is 583. The van der Waals surface area contributed by atoms with Crippen LogP contribution in [0.4, 0.5) is 0 Å². The molecule has 0 N–H and O–H groups in total. The molecule has 82 valence electrons. The summed E-state index contributed by atoms with van der Waals surface area (Å²) in [6.45, 7) is 2.88. The summed E-state index contributed by atoms with van der Waals surface area (Å²) >= 11 is 7.14. The van der Waals surface area contributed by atoms with Crippen LogP contribution < -0.4 is 9.30 Å². The molecule has 4 heteroatoms. The molecule has 1 unspecified atom stereocenters. The van der Waals surface area contributed by atoms with Crippen molar-refractivity contribution in [2.75, 3.05) is 6.61 Å². The van der Waals surface area contributed by atoms with Gasteiger partial charge in [0.05, 0.1) is 9.86 Å². The predicted molar refractivity (Wildman–Crippen MR) is 69.7 cm³/mol. The van der Waals surface area contributed by atoms with E-state index < -0.39 is 0 Å². The second kappa shape index (κ2) is 3.70. The van der Waals surface area contributed by atoms with Crippen molar-refractivity contribution in [1.82, 2.24) is 0 Å². The van der Waals surface area contributed by atoms with Crippen LogP contribution in [0.2, 0.25) is 0 Å². The van der Waals surface area contributed by atoms with Gasteiger partial charge in [0.2, 0.25) is 5.75 Å². The van der Waals surface area contributed by atoms with E-state index in [9.17, 15) is 0 Å². The summed E-state index contributed by atoms with van der Waals surface area (Å²) < 4.78 is 10.2. The zero-order valence-corrected chi connectivity index (χ0v) is 11.9. The fourth-order valence-corrected chi connectivity index (χ4v) is 3.50. The van der Waals surface area contributed by atoms with Crippen molar-refractivity contribution < 1.29 is 9.30 Å². The molecule has 0 amide bonds. The number of rotatable bonds is 0. The highest BCUT2D eigenvalue weighted by Crippen LogP contribution is 2.38. The van der Waals surface area contributed by atoms with Crippen LogP contribution in [0, 0.1) is 0 Å². The van der Waals surface area contributed by atoms with Crippen LogP contribution in [-0.2, 0) is 0 Å². The molecule has 2 nitrogen and oxygen atoms in total. The first-order valence-electron chi connectivity index (χ1n) is 5.13. The Labute approximate surface area is 110 Å². The minimum atomic E-state index is 0.373. The van der Waals surface area contributed by atoms with Crippen LogP contribution in [0.25, 0.3) is 10.9 Å². The maximum Gasteiger partial charge on any atom is 0.257 e. The van der Waals surface area contributed by atoms with Gasteiger partial charge in [-0.15, -0.1) is 0 Å². The summed E-state index contributed by atoms with van der Waals surface area (Å²) in [4.78, 5) is 0. The molecule has 1 atom stereocenters. The first-order valence-corrected chi connectivity index (χ1v) is 6.72. The molecule has 1 aliphatic heterocycles. The quantitative estimate of drug-likeness (QED) is 0.666. The molecule has 0 radical (unpaired) electrons. The van der Waals surface area contributed by atoms with E-state index in [1.54, 1.807) is 0 Å². The molecule has 3 rings (SSSR count). The second-order valence-corrected chi connectivity index (χ2v) is 5.72. The maximum atomic E-state index is 5.81. The van der Waals surface area contributed by atoms with Crippen LogP contribution in [0.3, 0.4) is 0 Å². The van der Waals surface area contributed by atoms with Gasteiger partial charge in [0.15, 0.2) is 18.8 Å². The zero-order valence-electron chi connectivity index (χ0n) is 8.71. The number of pyridine rings is 1. The van der Waals surface area contributed by atoms with Gasteiger partial charge in [-0.25, -0.2) is 0 Å². The van der Waals surface area contributed by atoms with Gasteiger partial charge < -0.3 is 4.74 Å². The molecule has 0 aliphatic carbocycles. The number of nitrogens with zero attached hydrogens (tertiary/aromatic N) is 1. The average Bonchev–Trinajstić information content (AvgIpc) is 2.27. The monoisotopic (exact) mass is 342 g/mol. The van der Waals surface area contributed by atoms with Crippen LogP contribution in [0.5, 0.6) is 5.75 Å². The van der Waals surface area contributed by atoms with E-state index in [1.807, 2.05) is 6.07 Å². The third-order valence-electron chi connectivity index (χ3n) is 2.91. The Balaban J connectivity index is 2.51. The number of hydrogen-bond acceptors (Lipinski definition) is 1. The highest BCUT2D eigenvalue weighted by Gasteiger charge is 2.29. The lowest BCUT2D eigenvalue weighted by Crippen LogP contribution is -2.44. The summed E-state index contributed by atoms with van der Waals surface area (Å²) in [7, 11) is 0.